The molecule has 1 aliphatic carbocycles. The van der Waals surface area contributed by atoms with Crippen molar-refractivity contribution in [2.24, 2.45) is 0 Å². The first-order chi connectivity index (χ1) is 12.6. The van der Waals surface area contributed by atoms with Crippen molar-refractivity contribution in [2.75, 3.05) is 19.1 Å². The van der Waals surface area contributed by atoms with Crippen LogP contribution in [-0.2, 0) is 9.47 Å². The van der Waals surface area contributed by atoms with E-state index in [9.17, 15) is 9.59 Å². The fourth-order valence-electron chi connectivity index (χ4n) is 2.57. The van der Waals surface area contributed by atoms with Crippen molar-refractivity contribution in [3.63, 3.8) is 0 Å². The molecule has 3 rings (SSSR count). The van der Waals surface area contributed by atoms with Gasteiger partial charge in [-0.05, 0) is 27.2 Å². The Morgan fingerprint density at radius 1 is 1.41 bits per heavy atom. The van der Waals surface area contributed by atoms with Crippen LogP contribution in [0.1, 0.15) is 37.6 Å². The maximum absolute atomic E-state index is 12.5. The first-order valence-electron chi connectivity index (χ1n) is 8.45. The molecule has 0 unspecified atom stereocenters. The molecule has 2 aromatic heterocycles. The molecule has 0 bridgehead atoms. The summed E-state index contributed by atoms with van der Waals surface area (Å²) in [5.74, 6) is 0.00896. The summed E-state index contributed by atoms with van der Waals surface area (Å²) in [6.07, 6.45) is 1.61. The number of fused-ring (bicyclic) bond motifs is 1. The predicted octanol–water partition coefficient (Wildman–Crippen LogP) is 2.27. The Kier molecular flexibility index (Phi) is 5.00. The summed E-state index contributed by atoms with van der Waals surface area (Å²) >= 11 is 6.12. The van der Waals surface area contributed by atoms with Gasteiger partial charge in [0.05, 0.1) is 18.3 Å². The van der Waals surface area contributed by atoms with Crippen LogP contribution in [0.5, 0.6) is 0 Å². The van der Waals surface area contributed by atoms with Crippen molar-refractivity contribution in [3.05, 3.63) is 23.0 Å². The van der Waals surface area contributed by atoms with E-state index in [4.69, 9.17) is 21.1 Å². The second-order valence-electron chi connectivity index (χ2n) is 7.36. The number of hydrogen-bond donors (Lipinski definition) is 1. The number of nitrogens with zero attached hydrogens (tertiary/aromatic N) is 4. The van der Waals surface area contributed by atoms with Crippen LogP contribution in [0.4, 0.5) is 10.6 Å². The van der Waals surface area contributed by atoms with Gasteiger partial charge in [0.25, 0.3) is 5.91 Å². The van der Waals surface area contributed by atoms with Crippen LogP contribution in [0.15, 0.2) is 12.3 Å². The fourth-order valence-corrected chi connectivity index (χ4v) is 2.75. The van der Waals surface area contributed by atoms with E-state index in [2.05, 4.69) is 15.4 Å². The van der Waals surface area contributed by atoms with Crippen molar-refractivity contribution in [2.45, 2.75) is 44.9 Å². The maximum atomic E-state index is 12.5. The van der Waals surface area contributed by atoms with Crippen LogP contribution in [0, 0.1) is 0 Å². The van der Waals surface area contributed by atoms with Gasteiger partial charge in [0.1, 0.15) is 22.1 Å². The average Bonchev–Trinajstić information content (AvgIpc) is 3.18. The number of halogens is 1. The lowest BCUT2D eigenvalue weighted by atomic mass is 10.2. The zero-order valence-electron chi connectivity index (χ0n) is 15.8. The summed E-state index contributed by atoms with van der Waals surface area (Å²) in [4.78, 5) is 30.4. The third kappa shape index (κ3) is 4.14. The topological polar surface area (TPSA) is 98.1 Å². The molecule has 0 saturated heterocycles. The van der Waals surface area contributed by atoms with E-state index in [1.165, 1.54) is 28.7 Å². The van der Waals surface area contributed by atoms with Gasteiger partial charge >= 0.3 is 6.09 Å². The highest BCUT2D eigenvalue weighted by Crippen LogP contribution is 2.26. The molecule has 0 aromatic carbocycles. The van der Waals surface area contributed by atoms with Gasteiger partial charge in [0.2, 0.25) is 0 Å². The number of ether oxygens (including phenoxy) is 2. The highest BCUT2D eigenvalue weighted by Gasteiger charge is 2.39. The van der Waals surface area contributed by atoms with Gasteiger partial charge in [-0.1, -0.05) is 11.6 Å². The number of aromatic nitrogens is 3. The molecule has 1 aliphatic rings. The second-order valence-corrected chi connectivity index (χ2v) is 7.75. The van der Waals surface area contributed by atoms with Gasteiger partial charge < -0.3 is 14.8 Å². The molecule has 10 heteroatoms. The van der Waals surface area contributed by atoms with Crippen molar-refractivity contribution in [1.29, 1.82) is 0 Å². The Hall–Kier alpha value is -2.39. The SMILES string of the molecule is CO[C@H]1C[C@@H]1NC(=O)c1cnn2c(N(C)C(=O)OC(C)(C)C)cc(Cl)nc12. The minimum atomic E-state index is -0.654. The molecular weight excluding hydrogens is 374 g/mol. The van der Waals surface area contributed by atoms with Crippen LogP contribution >= 0.6 is 11.6 Å². The highest BCUT2D eigenvalue weighted by atomic mass is 35.5. The first kappa shape index (κ1) is 19.4. The Morgan fingerprint density at radius 3 is 2.70 bits per heavy atom. The third-order valence-electron chi connectivity index (χ3n) is 4.03. The standard InChI is InChI=1S/C17H22ClN5O4/c1-17(2,3)27-16(25)22(4)13-7-12(18)21-14-9(8-19-23(13)14)15(24)20-10-6-11(10)26-5/h7-8,10-11H,6H2,1-5H3,(H,20,24)/t10-,11-/m0/s1. The number of carbonyl (C=O) groups excluding carboxylic acids is 2. The van der Waals surface area contributed by atoms with E-state index in [-0.39, 0.29) is 34.4 Å². The number of amides is 2. The average molecular weight is 396 g/mol. The van der Waals surface area contributed by atoms with Crippen molar-refractivity contribution in [3.8, 4) is 0 Å². The summed E-state index contributed by atoms with van der Waals surface area (Å²) in [7, 11) is 3.14. The number of anilines is 1. The molecular formula is C17H22ClN5O4. The normalized spacial score (nSPS) is 19.0. The molecule has 1 fully saturated rings. The number of hydrogen-bond acceptors (Lipinski definition) is 6. The van der Waals surface area contributed by atoms with Gasteiger partial charge in [-0.2, -0.15) is 9.61 Å². The molecule has 0 radical (unpaired) electrons. The molecule has 2 heterocycles. The van der Waals surface area contributed by atoms with Gasteiger partial charge in [-0.15, -0.1) is 0 Å². The van der Waals surface area contributed by atoms with Gasteiger partial charge in [-0.3, -0.25) is 9.69 Å². The van der Waals surface area contributed by atoms with Crippen molar-refractivity contribution < 1.29 is 19.1 Å². The van der Waals surface area contributed by atoms with E-state index >= 15 is 0 Å². The zero-order valence-corrected chi connectivity index (χ0v) is 16.6. The van der Waals surface area contributed by atoms with Crippen LogP contribution < -0.4 is 10.2 Å². The molecule has 2 aromatic rings. The molecule has 9 nitrogen and oxygen atoms in total. The lowest BCUT2D eigenvalue weighted by Gasteiger charge is -2.24. The molecule has 1 N–H and O–H groups in total. The van der Waals surface area contributed by atoms with Crippen LogP contribution in [0.3, 0.4) is 0 Å². The Morgan fingerprint density at radius 2 is 2.11 bits per heavy atom. The fraction of sp³-hybridized carbons (Fsp3) is 0.529. The smallest absolute Gasteiger partial charge is 0.415 e. The van der Waals surface area contributed by atoms with E-state index in [1.807, 2.05) is 0 Å². The molecule has 0 spiro atoms. The largest absolute Gasteiger partial charge is 0.443 e. The quantitative estimate of drug-likeness (QED) is 0.797. The molecule has 2 amide bonds. The van der Waals surface area contributed by atoms with Crippen LogP contribution in [-0.4, -0.2) is 58.5 Å². The Labute approximate surface area is 161 Å². The number of methoxy groups -OCH3 is 1. The molecule has 1 saturated carbocycles. The molecule has 2 atom stereocenters. The lowest BCUT2D eigenvalue weighted by Crippen LogP contribution is -2.35. The maximum Gasteiger partial charge on any atom is 0.415 e. The number of carbonyl (C=O) groups is 2. The molecule has 27 heavy (non-hydrogen) atoms. The van der Waals surface area contributed by atoms with Gasteiger partial charge in [-0.25, -0.2) is 9.78 Å². The minimum Gasteiger partial charge on any atom is -0.443 e. The Balaban J connectivity index is 1.91. The zero-order chi connectivity index (χ0) is 19.9. The number of nitrogens with one attached hydrogen (secondary N) is 1. The van der Waals surface area contributed by atoms with E-state index in [0.717, 1.165) is 6.42 Å². The highest BCUT2D eigenvalue weighted by molar-refractivity contribution is 6.30. The van der Waals surface area contributed by atoms with E-state index < -0.39 is 11.7 Å². The minimum absolute atomic E-state index is 0.0273. The lowest BCUT2D eigenvalue weighted by molar-refractivity contribution is 0.0587. The van der Waals surface area contributed by atoms with Crippen molar-refractivity contribution >= 4 is 35.1 Å². The summed E-state index contributed by atoms with van der Waals surface area (Å²) in [6, 6.07) is 1.45. The summed E-state index contributed by atoms with van der Waals surface area (Å²) in [5, 5.41) is 7.20. The van der Waals surface area contributed by atoms with Crippen LogP contribution in [0.25, 0.3) is 5.65 Å². The number of rotatable bonds is 4. The van der Waals surface area contributed by atoms with Crippen molar-refractivity contribution in [1.82, 2.24) is 19.9 Å². The summed E-state index contributed by atoms with van der Waals surface area (Å²) < 4.78 is 11.9. The van der Waals surface area contributed by atoms with Gasteiger partial charge in [0.15, 0.2) is 5.65 Å². The summed E-state index contributed by atoms with van der Waals surface area (Å²) in [6.45, 7) is 5.32. The second kappa shape index (κ2) is 6.97. The van der Waals surface area contributed by atoms with E-state index in [0.29, 0.717) is 5.82 Å². The predicted molar refractivity (Wildman–Crippen MR) is 99.3 cm³/mol. The molecule has 146 valence electrons. The monoisotopic (exact) mass is 395 g/mol. The summed E-state index contributed by atoms with van der Waals surface area (Å²) in [5.41, 5.74) is -0.142. The first-order valence-corrected chi connectivity index (χ1v) is 8.83. The van der Waals surface area contributed by atoms with Crippen LogP contribution in [0.2, 0.25) is 5.15 Å². The van der Waals surface area contributed by atoms with E-state index in [1.54, 1.807) is 27.9 Å². The third-order valence-corrected chi connectivity index (χ3v) is 4.22. The van der Waals surface area contributed by atoms with Gasteiger partial charge in [0, 0.05) is 20.2 Å². The molecule has 0 aliphatic heterocycles. The Bertz CT molecular complexity index is 891.